The van der Waals surface area contributed by atoms with Crippen LogP contribution in [0.4, 0.5) is 48.3 Å². The molecule has 0 aromatic heterocycles. The van der Waals surface area contributed by atoms with Gasteiger partial charge in [0.15, 0.2) is 7.38 Å². The molecule has 13 heteroatoms. The fraction of sp³-hybridized carbons (Fsp3) is 1.00. The molecule has 0 nitrogen and oxygen atoms in total. The highest BCUT2D eigenvalue weighted by molar-refractivity contribution is 7.19. The smallest absolute Gasteiger partial charge is 0.200 e. The summed E-state index contributed by atoms with van der Waals surface area (Å²) in [6, 6.07) is -0.799. The quantitative estimate of drug-likeness (QED) is 0.265. The highest BCUT2D eigenvalue weighted by atomic mass is 35.6. The average molecular weight is 405 g/mol. The fourth-order valence-electron chi connectivity index (χ4n) is 1.36. The van der Waals surface area contributed by atoms with Crippen LogP contribution >= 0.6 is 11.1 Å². The van der Waals surface area contributed by atoms with Gasteiger partial charge in [-0.25, -0.2) is 0 Å². The van der Waals surface area contributed by atoms with Crippen molar-refractivity contribution >= 4 is 18.5 Å². The molecule has 0 aliphatic rings. The van der Waals surface area contributed by atoms with Crippen molar-refractivity contribution in [2.45, 2.75) is 61.8 Å². The molecule has 23 heavy (non-hydrogen) atoms. The fourth-order valence-corrected chi connectivity index (χ4v) is 2.83. The van der Waals surface area contributed by atoms with Crippen molar-refractivity contribution in [2.24, 2.45) is 0 Å². The summed E-state index contributed by atoms with van der Waals surface area (Å²) in [5, 5.41) is 0. The highest BCUT2D eigenvalue weighted by Gasteiger charge is 2.86. The molecule has 0 amide bonds. The normalized spacial score (nSPS) is 18.0. The minimum absolute atomic E-state index is 0.0747. The summed E-state index contributed by atoms with van der Waals surface area (Å²) in [5.74, 6) is -27.4. The molecule has 0 aliphatic heterocycles. The van der Waals surface area contributed by atoms with Gasteiger partial charge < -0.3 is 0 Å². The van der Waals surface area contributed by atoms with Gasteiger partial charge in [-0.2, -0.15) is 59.4 Å². The lowest BCUT2D eigenvalue weighted by atomic mass is 9.96. The van der Waals surface area contributed by atoms with E-state index in [1.165, 1.54) is 13.5 Å². The van der Waals surface area contributed by atoms with Crippen LogP contribution in [-0.4, -0.2) is 37.3 Å². The molecule has 0 saturated carbocycles. The minimum Gasteiger partial charge on any atom is -0.200 e. The summed E-state index contributed by atoms with van der Waals surface area (Å²) in [6.45, 7) is 2.63. The summed E-state index contributed by atoms with van der Waals surface area (Å²) in [7, 11) is -3.00. The Kier molecular flexibility index (Phi) is 6.16. The molecule has 140 valence electrons. The van der Waals surface area contributed by atoms with E-state index in [0.717, 1.165) is 0 Å². The lowest BCUT2D eigenvalue weighted by Gasteiger charge is -2.37. The summed E-state index contributed by atoms with van der Waals surface area (Å²) >= 11 is 5.70. The molecule has 0 spiro atoms. The zero-order valence-corrected chi connectivity index (χ0v) is 13.4. The molecule has 0 aromatic carbocycles. The van der Waals surface area contributed by atoms with Crippen molar-refractivity contribution in [1.29, 1.82) is 0 Å². The number of hydrogen-bond donors (Lipinski definition) is 0. The predicted octanol–water partition coefficient (Wildman–Crippen LogP) is 6.31. The van der Waals surface area contributed by atoms with Crippen molar-refractivity contribution < 1.29 is 48.3 Å². The van der Waals surface area contributed by atoms with E-state index in [4.69, 9.17) is 11.1 Å². The van der Waals surface area contributed by atoms with E-state index in [1.54, 1.807) is 0 Å². The summed E-state index contributed by atoms with van der Waals surface area (Å²) < 4.78 is 140. The van der Waals surface area contributed by atoms with E-state index in [1.807, 2.05) is 0 Å². The molecule has 0 aliphatic carbocycles. The minimum atomic E-state index is -7.34. The van der Waals surface area contributed by atoms with Crippen LogP contribution in [0.3, 0.4) is 0 Å². The largest absolute Gasteiger partial charge is 0.460 e. The lowest BCUT2D eigenvalue weighted by Crippen LogP contribution is -2.66. The van der Waals surface area contributed by atoms with E-state index in [2.05, 4.69) is 0 Å². The zero-order chi connectivity index (χ0) is 19.1. The van der Waals surface area contributed by atoms with Gasteiger partial charge in [0.25, 0.3) is 0 Å². The Labute approximate surface area is 129 Å². The second-order valence-corrected chi connectivity index (χ2v) is 12.0. The SMILES string of the molecule is CC[Si](C)(Cl)CCC(F)(F)C(F)(F)C(F)(F)C(F)(F)C(F)(F)F. The van der Waals surface area contributed by atoms with Crippen LogP contribution in [0.5, 0.6) is 0 Å². The monoisotopic (exact) mass is 404 g/mol. The molecule has 0 aromatic rings. The van der Waals surface area contributed by atoms with Crippen molar-refractivity contribution in [3.8, 4) is 0 Å². The molecule has 0 heterocycles. The zero-order valence-electron chi connectivity index (χ0n) is 11.7. The molecule has 0 saturated heterocycles. The number of hydrogen-bond acceptors (Lipinski definition) is 0. The van der Waals surface area contributed by atoms with Crippen molar-refractivity contribution in [3.63, 3.8) is 0 Å². The van der Waals surface area contributed by atoms with Gasteiger partial charge in [0.2, 0.25) is 0 Å². The van der Waals surface area contributed by atoms with E-state index in [9.17, 15) is 48.3 Å². The van der Waals surface area contributed by atoms with Crippen LogP contribution < -0.4 is 0 Å². The molecule has 1 unspecified atom stereocenters. The van der Waals surface area contributed by atoms with Crippen LogP contribution in [0.25, 0.3) is 0 Å². The van der Waals surface area contributed by atoms with Gasteiger partial charge in [-0.05, 0) is 12.1 Å². The Morgan fingerprint density at radius 3 is 1.43 bits per heavy atom. The Bertz CT molecular complexity index is 416. The molecular formula is C10H12ClF11Si. The first kappa shape index (κ1) is 22.7. The van der Waals surface area contributed by atoms with E-state index >= 15 is 0 Å². The Balaban J connectivity index is 5.67. The number of halogens is 12. The van der Waals surface area contributed by atoms with Crippen molar-refractivity contribution in [3.05, 3.63) is 0 Å². The number of rotatable bonds is 7. The molecule has 0 rings (SSSR count). The molecule has 0 radical (unpaired) electrons. The maximum Gasteiger partial charge on any atom is 0.460 e. The van der Waals surface area contributed by atoms with Crippen molar-refractivity contribution in [1.82, 2.24) is 0 Å². The van der Waals surface area contributed by atoms with Crippen LogP contribution in [0.15, 0.2) is 0 Å². The highest BCUT2D eigenvalue weighted by Crippen LogP contribution is 2.58. The topological polar surface area (TPSA) is 0 Å². The van der Waals surface area contributed by atoms with Gasteiger partial charge in [0.1, 0.15) is 0 Å². The van der Waals surface area contributed by atoms with Crippen molar-refractivity contribution in [2.75, 3.05) is 0 Å². The van der Waals surface area contributed by atoms with Crippen LogP contribution in [0, 0.1) is 0 Å². The first-order chi connectivity index (χ1) is 9.77. The van der Waals surface area contributed by atoms with Gasteiger partial charge >= 0.3 is 29.9 Å². The van der Waals surface area contributed by atoms with Gasteiger partial charge in [-0.3, -0.25) is 0 Å². The second kappa shape index (κ2) is 6.23. The average Bonchev–Trinajstić information content (AvgIpc) is 2.34. The van der Waals surface area contributed by atoms with Crippen LogP contribution in [0.2, 0.25) is 18.6 Å². The van der Waals surface area contributed by atoms with E-state index in [-0.39, 0.29) is 6.04 Å². The molecule has 0 N–H and O–H groups in total. The first-order valence-corrected chi connectivity index (χ1v) is 9.96. The molecular weight excluding hydrogens is 393 g/mol. The van der Waals surface area contributed by atoms with Gasteiger partial charge in [0, 0.05) is 6.42 Å². The third-order valence-electron chi connectivity index (χ3n) is 3.30. The van der Waals surface area contributed by atoms with Gasteiger partial charge in [0.05, 0.1) is 0 Å². The molecule has 1 atom stereocenters. The lowest BCUT2D eigenvalue weighted by molar-refractivity contribution is -0.422. The van der Waals surface area contributed by atoms with E-state index < -0.39 is 49.7 Å². The Morgan fingerprint density at radius 1 is 0.739 bits per heavy atom. The number of alkyl halides is 11. The third kappa shape index (κ3) is 4.05. The summed E-state index contributed by atoms with van der Waals surface area (Å²) in [5.41, 5.74) is 0. The van der Waals surface area contributed by atoms with Gasteiger partial charge in [-0.1, -0.05) is 13.5 Å². The second-order valence-electron chi connectivity index (χ2n) is 5.19. The van der Waals surface area contributed by atoms with Gasteiger partial charge in [-0.15, -0.1) is 0 Å². The molecule has 0 fully saturated rings. The summed E-state index contributed by atoms with van der Waals surface area (Å²) in [6.07, 6.45) is -9.17. The first-order valence-electron chi connectivity index (χ1n) is 6.04. The maximum absolute atomic E-state index is 13.3. The van der Waals surface area contributed by atoms with E-state index in [0.29, 0.717) is 0 Å². The third-order valence-corrected chi connectivity index (χ3v) is 7.44. The maximum atomic E-state index is 13.3. The van der Waals surface area contributed by atoms with Crippen LogP contribution in [0.1, 0.15) is 13.3 Å². The Morgan fingerprint density at radius 2 is 1.13 bits per heavy atom. The van der Waals surface area contributed by atoms with Crippen LogP contribution in [-0.2, 0) is 0 Å². The standard InChI is InChI=1S/C10H12ClF11Si/c1-3-23(2,11)5-4-6(12,13)7(14,15)8(16,17)9(18,19)10(20,21)22/h3-5H2,1-2H3. The molecule has 0 bridgehead atoms. The Hall–Kier alpha value is -0.263. The summed E-state index contributed by atoms with van der Waals surface area (Å²) in [4.78, 5) is 0. The predicted molar refractivity (Wildman–Crippen MR) is 63.2 cm³/mol.